The molecule has 2 N–H and O–H groups in total. The van der Waals surface area contributed by atoms with Gasteiger partial charge in [-0.25, -0.2) is 8.42 Å². The molecule has 1 unspecified atom stereocenters. The lowest BCUT2D eigenvalue weighted by molar-refractivity contribution is -0.116. The highest BCUT2D eigenvalue weighted by Gasteiger charge is 2.26. The molecule has 0 aromatic heterocycles. The SMILES string of the molecule is COCCOc1ccccc1NC(C)C(=O)Nc1ccc(S(=O)(=O)N2CCOCC2)cc1. The van der Waals surface area contributed by atoms with Crippen molar-refractivity contribution in [2.45, 2.75) is 17.9 Å². The lowest BCUT2D eigenvalue weighted by Crippen LogP contribution is -2.40. The van der Waals surface area contributed by atoms with E-state index in [4.69, 9.17) is 14.2 Å². The molecule has 0 spiro atoms. The molecule has 9 nitrogen and oxygen atoms in total. The van der Waals surface area contributed by atoms with Crippen LogP contribution in [0.2, 0.25) is 0 Å². The van der Waals surface area contributed by atoms with Crippen LogP contribution in [0.5, 0.6) is 5.75 Å². The Morgan fingerprint density at radius 3 is 2.47 bits per heavy atom. The highest BCUT2D eigenvalue weighted by atomic mass is 32.2. The molecule has 1 aliphatic rings. The van der Waals surface area contributed by atoms with Crippen LogP contribution in [0.4, 0.5) is 11.4 Å². The molecule has 174 valence electrons. The highest BCUT2D eigenvalue weighted by Crippen LogP contribution is 2.25. The van der Waals surface area contributed by atoms with E-state index in [2.05, 4.69) is 10.6 Å². The summed E-state index contributed by atoms with van der Waals surface area (Å²) in [6.07, 6.45) is 0. The van der Waals surface area contributed by atoms with Crippen LogP contribution < -0.4 is 15.4 Å². The third-order valence-electron chi connectivity index (χ3n) is 4.93. The number of anilines is 2. The van der Waals surface area contributed by atoms with Gasteiger partial charge in [-0.3, -0.25) is 4.79 Å². The van der Waals surface area contributed by atoms with Crippen molar-refractivity contribution in [3.8, 4) is 5.75 Å². The van der Waals surface area contributed by atoms with Gasteiger partial charge in [-0.1, -0.05) is 12.1 Å². The molecule has 0 saturated carbocycles. The first-order valence-electron chi connectivity index (χ1n) is 10.4. The van der Waals surface area contributed by atoms with E-state index in [1.54, 1.807) is 26.2 Å². The molecule has 1 aliphatic heterocycles. The maximum atomic E-state index is 12.7. The fourth-order valence-electron chi connectivity index (χ4n) is 3.14. The van der Waals surface area contributed by atoms with Crippen LogP contribution in [0.25, 0.3) is 0 Å². The topological polar surface area (TPSA) is 106 Å². The summed E-state index contributed by atoms with van der Waals surface area (Å²) in [5, 5.41) is 5.95. The molecule has 0 aliphatic carbocycles. The Bertz CT molecular complexity index is 991. The summed E-state index contributed by atoms with van der Waals surface area (Å²) in [6.45, 7) is 4.04. The average Bonchev–Trinajstić information content (AvgIpc) is 2.81. The van der Waals surface area contributed by atoms with E-state index in [1.807, 2.05) is 24.3 Å². The summed E-state index contributed by atoms with van der Waals surface area (Å²) >= 11 is 0. The maximum absolute atomic E-state index is 12.7. The van der Waals surface area contributed by atoms with Crippen molar-refractivity contribution in [1.29, 1.82) is 0 Å². The van der Waals surface area contributed by atoms with Gasteiger partial charge in [0.2, 0.25) is 15.9 Å². The number of para-hydroxylation sites is 2. The third-order valence-corrected chi connectivity index (χ3v) is 6.84. The van der Waals surface area contributed by atoms with Crippen LogP contribution in [0.1, 0.15) is 6.92 Å². The first-order chi connectivity index (χ1) is 15.4. The Kier molecular flexibility index (Phi) is 8.46. The van der Waals surface area contributed by atoms with E-state index in [0.717, 1.165) is 0 Å². The summed E-state index contributed by atoms with van der Waals surface area (Å²) in [5.74, 6) is 0.363. The van der Waals surface area contributed by atoms with Gasteiger partial charge in [0.25, 0.3) is 0 Å². The van der Waals surface area contributed by atoms with Gasteiger partial charge < -0.3 is 24.8 Å². The first-order valence-corrected chi connectivity index (χ1v) is 11.8. The van der Waals surface area contributed by atoms with E-state index in [9.17, 15) is 13.2 Å². The van der Waals surface area contributed by atoms with Crippen LogP contribution in [0.15, 0.2) is 53.4 Å². The molecular formula is C22H29N3O6S. The number of rotatable bonds is 10. The monoisotopic (exact) mass is 463 g/mol. The van der Waals surface area contributed by atoms with Gasteiger partial charge in [0.05, 0.1) is 30.4 Å². The number of nitrogens with one attached hydrogen (secondary N) is 2. The predicted molar refractivity (Wildman–Crippen MR) is 122 cm³/mol. The van der Waals surface area contributed by atoms with Crippen LogP contribution in [-0.2, 0) is 24.3 Å². The van der Waals surface area contributed by atoms with E-state index in [0.29, 0.717) is 56.6 Å². The molecule has 3 rings (SSSR count). The predicted octanol–water partition coefficient (Wildman–Crippen LogP) is 2.17. The molecule has 1 fully saturated rings. The smallest absolute Gasteiger partial charge is 0.246 e. The number of nitrogens with zero attached hydrogens (tertiary/aromatic N) is 1. The Morgan fingerprint density at radius 2 is 1.78 bits per heavy atom. The Morgan fingerprint density at radius 1 is 1.09 bits per heavy atom. The van der Waals surface area contributed by atoms with Gasteiger partial charge in [-0.2, -0.15) is 4.31 Å². The number of amides is 1. The van der Waals surface area contributed by atoms with Gasteiger partial charge >= 0.3 is 0 Å². The summed E-state index contributed by atoms with van der Waals surface area (Å²) in [5.41, 5.74) is 1.20. The Balaban J connectivity index is 1.60. The third kappa shape index (κ3) is 6.19. The highest BCUT2D eigenvalue weighted by molar-refractivity contribution is 7.89. The molecule has 2 aromatic rings. The molecule has 2 aromatic carbocycles. The molecule has 1 atom stereocenters. The quantitative estimate of drug-likeness (QED) is 0.520. The summed E-state index contributed by atoms with van der Waals surface area (Å²) in [6, 6.07) is 13.0. The second-order valence-corrected chi connectivity index (χ2v) is 9.17. The fraction of sp³-hybridized carbons (Fsp3) is 0.409. The number of methoxy groups -OCH3 is 1. The number of morpholine rings is 1. The van der Waals surface area contributed by atoms with Crippen molar-refractivity contribution in [1.82, 2.24) is 4.31 Å². The summed E-state index contributed by atoms with van der Waals surface area (Å²) in [7, 11) is -1.97. The van der Waals surface area contributed by atoms with Gasteiger partial charge in [0, 0.05) is 25.9 Å². The zero-order valence-electron chi connectivity index (χ0n) is 18.2. The van der Waals surface area contributed by atoms with E-state index >= 15 is 0 Å². The molecule has 1 saturated heterocycles. The number of hydrogen-bond acceptors (Lipinski definition) is 7. The number of benzene rings is 2. The minimum atomic E-state index is -3.57. The zero-order valence-corrected chi connectivity index (χ0v) is 19.1. The van der Waals surface area contributed by atoms with Crippen LogP contribution in [-0.4, -0.2) is 71.3 Å². The second kappa shape index (κ2) is 11.3. The lowest BCUT2D eigenvalue weighted by Gasteiger charge is -2.26. The van der Waals surface area contributed by atoms with Gasteiger partial charge in [-0.05, 0) is 43.3 Å². The van der Waals surface area contributed by atoms with Gasteiger partial charge in [-0.15, -0.1) is 0 Å². The summed E-state index contributed by atoms with van der Waals surface area (Å²) < 4.78 is 42.7. The van der Waals surface area contributed by atoms with Crippen molar-refractivity contribution >= 4 is 27.3 Å². The Labute approximate surface area is 188 Å². The number of carbonyl (C=O) groups excluding carboxylic acids is 1. The molecule has 1 heterocycles. The Hall–Kier alpha value is -2.66. The number of ether oxygens (including phenoxy) is 3. The number of carbonyl (C=O) groups is 1. The minimum Gasteiger partial charge on any atom is -0.489 e. The molecule has 0 radical (unpaired) electrons. The molecule has 1 amide bonds. The maximum Gasteiger partial charge on any atom is 0.246 e. The van der Waals surface area contributed by atoms with Crippen molar-refractivity contribution in [2.75, 3.05) is 57.3 Å². The second-order valence-electron chi connectivity index (χ2n) is 7.23. The molecule has 32 heavy (non-hydrogen) atoms. The van der Waals surface area contributed by atoms with Gasteiger partial charge in [0.15, 0.2) is 0 Å². The van der Waals surface area contributed by atoms with E-state index < -0.39 is 16.1 Å². The summed E-state index contributed by atoms with van der Waals surface area (Å²) in [4.78, 5) is 12.8. The van der Waals surface area contributed by atoms with Crippen molar-refractivity contribution in [3.63, 3.8) is 0 Å². The minimum absolute atomic E-state index is 0.186. The van der Waals surface area contributed by atoms with Gasteiger partial charge in [0.1, 0.15) is 18.4 Å². The van der Waals surface area contributed by atoms with E-state index in [-0.39, 0.29) is 10.8 Å². The molecule has 0 bridgehead atoms. The van der Waals surface area contributed by atoms with Crippen LogP contribution in [0, 0.1) is 0 Å². The largest absolute Gasteiger partial charge is 0.489 e. The first kappa shape index (κ1) is 24.0. The standard InChI is InChI=1S/C22H29N3O6S/c1-17(23-20-5-3-4-6-21(20)31-16-15-29-2)22(26)24-18-7-9-19(10-8-18)32(27,28)25-11-13-30-14-12-25/h3-10,17,23H,11-16H2,1-2H3,(H,24,26). The van der Waals surface area contributed by atoms with Crippen molar-refractivity contribution < 1.29 is 27.4 Å². The van der Waals surface area contributed by atoms with Crippen LogP contribution in [0.3, 0.4) is 0 Å². The number of sulfonamides is 1. The lowest BCUT2D eigenvalue weighted by atomic mass is 10.2. The fourth-order valence-corrected chi connectivity index (χ4v) is 4.55. The molecular weight excluding hydrogens is 434 g/mol. The average molecular weight is 464 g/mol. The van der Waals surface area contributed by atoms with Crippen molar-refractivity contribution in [2.24, 2.45) is 0 Å². The number of hydrogen-bond donors (Lipinski definition) is 2. The normalized spacial score (nSPS) is 15.7. The molecule has 10 heteroatoms. The van der Waals surface area contributed by atoms with E-state index in [1.165, 1.54) is 16.4 Å². The van der Waals surface area contributed by atoms with Crippen molar-refractivity contribution in [3.05, 3.63) is 48.5 Å². The zero-order chi connectivity index (χ0) is 23.0. The van der Waals surface area contributed by atoms with Crippen LogP contribution >= 0.6 is 0 Å².